The second kappa shape index (κ2) is 5.63. The maximum Gasteiger partial charge on any atom is 0.327 e. The van der Waals surface area contributed by atoms with Crippen molar-refractivity contribution in [1.82, 2.24) is 4.98 Å². The maximum atomic E-state index is 10.9. The van der Waals surface area contributed by atoms with Crippen LogP contribution in [0.4, 0.5) is 11.5 Å². The van der Waals surface area contributed by atoms with Gasteiger partial charge in [-0.05, 0) is 12.5 Å². The number of carboxylic acid groups (broad SMARTS) is 1. The van der Waals surface area contributed by atoms with Crippen LogP contribution in [0.2, 0.25) is 0 Å². The molecule has 0 amide bonds. The van der Waals surface area contributed by atoms with E-state index >= 15 is 0 Å². The molecule has 7 nitrogen and oxygen atoms in total. The van der Waals surface area contributed by atoms with Gasteiger partial charge in [0.1, 0.15) is 6.04 Å². The van der Waals surface area contributed by atoms with Gasteiger partial charge in [0.05, 0.1) is 4.92 Å². The van der Waals surface area contributed by atoms with E-state index in [-0.39, 0.29) is 17.9 Å². The molecule has 1 rings (SSSR count). The molecule has 94 valence electrons. The van der Waals surface area contributed by atoms with Crippen molar-refractivity contribution >= 4 is 17.5 Å². The molecule has 0 radical (unpaired) electrons. The fourth-order valence-corrected chi connectivity index (χ4v) is 1.29. The van der Waals surface area contributed by atoms with Gasteiger partial charge in [0.2, 0.25) is 5.82 Å². The number of pyridine rings is 1. The Kier molecular flexibility index (Phi) is 4.21. The first-order valence-electron chi connectivity index (χ1n) is 4.99. The van der Waals surface area contributed by atoms with Gasteiger partial charge in [-0.1, -0.05) is 0 Å². The number of carbonyl (C=O) groups is 1. The third-order valence-electron chi connectivity index (χ3n) is 2.13. The van der Waals surface area contributed by atoms with Gasteiger partial charge < -0.3 is 10.4 Å². The van der Waals surface area contributed by atoms with Crippen molar-refractivity contribution in [3.05, 3.63) is 27.9 Å². The summed E-state index contributed by atoms with van der Waals surface area (Å²) in [5, 5.41) is 22.2. The van der Waals surface area contributed by atoms with Crippen LogP contribution in [0.15, 0.2) is 12.3 Å². The Morgan fingerprint density at radius 1 is 1.78 bits per heavy atom. The number of hydrogen-bond donors (Lipinski definition) is 2. The SMILES string of the molecule is C#CCC(Nc1ncc(C)cc1[N+](=O)[O-])C(=O)O. The molecule has 0 aliphatic rings. The van der Waals surface area contributed by atoms with Crippen LogP contribution in [0.1, 0.15) is 12.0 Å². The lowest BCUT2D eigenvalue weighted by Crippen LogP contribution is -2.29. The molecule has 0 spiro atoms. The summed E-state index contributed by atoms with van der Waals surface area (Å²) in [6.45, 7) is 1.65. The minimum atomic E-state index is -1.19. The number of nitrogens with zero attached hydrogens (tertiary/aromatic N) is 2. The topological polar surface area (TPSA) is 105 Å². The third kappa shape index (κ3) is 3.18. The van der Waals surface area contributed by atoms with Crippen LogP contribution in [0.25, 0.3) is 0 Å². The zero-order valence-electron chi connectivity index (χ0n) is 9.58. The van der Waals surface area contributed by atoms with Crippen molar-refractivity contribution in [1.29, 1.82) is 0 Å². The molecule has 0 bridgehead atoms. The molecule has 1 aromatic rings. The zero-order chi connectivity index (χ0) is 13.7. The van der Waals surface area contributed by atoms with E-state index < -0.39 is 16.9 Å². The molecule has 1 atom stereocenters. The largest absolute Gasteiger partial charge is 0.480 e. The predicted octanol–water partition coefficient (Wildman–Crippen LogP) is 1.19. The van der Waals surface area contributed by atoms with Gasteiger partial charge in [-0.15, -0.1) is 12.3 Å². The van der Waals surface area contributed by atoms with Crippen LogP contribution in [0, 0.1) is 29.4 Å². The summed E-state index contributed by atoms with van der Waals surface area (Å²) in [6.07, 6.45) is 6.35. The summed E-state index contributed by atoms with van der Waals surface area (Å²) in [7, 11) is 0. The number of hydrogen-bond acceptors (Lipinski definition) is 5. The maximum absolute atomic E-state index is 10.9. The minimum absolute atomic E-state index is 0.0952. The summed E-state index contributed by atoms with van der Waals surface area (Å²) in [6, 6.07) is 0.202. The number of aryl methyl sites for hydroxylation is 1. The van der Waals surface area contributed by atoms with E-state index in [1.807, 2.05) is 0 Å². The third-order valence-corrected chi connectivity index (χ3v) is 2.13. The highest BCUT2D eigenvalue weighted by molar-refractivity contribution is 5.78. The van der Waals surface area contributed by atoms with E-state index in [1.54, 1.807) is 6.92 Å². The highest BCUT2D eigenvalue weighted by atomic mass is 16.6. The molecule has 7 heteroatoms. The zero-order valence-corrected chi connectivity index (χ0v) is 9.58. The number of nitrogens with one attached hydrogen (secondary N) is 1. The summed E-state index contributed by atoms with van der Waals surface area (Å²) >= 11 is 0. The van der Waals surface area contributed by atoms with E-state index in [4.69, 9.17) is 11.5 Å². The quantitative estimate of drug-likeness (QED) is 0.461. The van der Waals surface area contributed by atoms with E-state index in [1.165, 1.54) is 12.3 Å². The number of carboxylic acids is 1. The molecule has 0 saturated carbocycles. The normalized spacial score (nSPS) is 11.3. The van der Waals surface area contributed by atoms with Crippen molar-refractivity contribution in [2.45, 2.75) is 19.4 Å². The predicted molar refractivity (Wildman–Crippen MR) is 64.1 cm³/mol. The highest BCUT2D eigenvalue weighted by Crippen LogP contribution is 2.23. The van der Waals surface area contributed by atoms with Crippen LogP contribution >= 0.6 is 0 Å². The van der Waals surface area contributed by atoms with Gasteiger partial charge in [-0.3, -0.25) is 10.1 Å². The molecule has 1 heterocycles. The van der Waals surface area contributed by atoms with Crippen molar-refractivity contribution in [3.8, 4) is 12.3 Å². The Bertz CT molecular complexity index is 522. The number of aliphatic carboxylic acids is 1. The summed E-state index contributed by atoms with van der Waals surface area (Å²) < 4.78 is 0. The van der Waals surface area contributed by atoms with Crippen molar-refractivity contribution in [3.63, 3.8) is 0 Å². The minimum Gasteiger partial charge on any atom is -0.480 e. The number of aromatic nitrogens is 1. The van der Waals surface area contributed by atoms with Gasteiger partial charge in [-0.25, -0.2) is 9.78 Å². The first-order valence-corrected chi connectivity index (χ1v) is 4.99. The van der Waals surface area contributed by atoms with Gasteiger partial charge in [0.25, 0.3) is 0 Å². The van der Waals surface area contributed by atoms with Crippen molar-refractivity contribution in [2.75, 3.05) is 5.32 Å². The van der Waals surface area contributed by atoms with E-state index in [9.17, 15) is 14.9 Å². The van der Waals surface area contributed by atoms with E-state index in [0.29, 0.717) is 5.56 Å². The molecule has 1 aromatic heterocycles. The Balaban J connectivity index is 3.06. The summed E-state index contributed by atoms with van der Waals surface area (Å²) in [4.78, 5) is 24.9. The van der Waals surface area contributed by atoms with Crippen LogP contribution in [0.3, 0.4) is 0 Å². The Hall–Kier alpha value is -2.62. The molecule has 0 saturated heterocycles. The molecular formula is C11H11N3O4. The second-order valence-corrected chi connectivity index (χ2v) is 3.58. The molecule has 0 aromatic carbocycles. The Morgan fingerprint density at radius 3 is 2.94 bits per heavy atom. The van der Waals surface area contributed by atoms with Crippen molar-refractivity contribution in [2.24, 2.45) is 0 Å². The molecule has 18 heavy (non-hydrogen) atoms. The van der Waals surface area contributed by atoms with Crippen LogP contribution in [-0.2, 0) is 4.79 Å². The smallest absolute Gasteiger partial charge is 0.327 e. The van der Waals surface area contributed by atoms with Gasteiger partial charge in [0.15, 0.2) is 0 Å². The van der Waals surface area contributed by atoms with Crippen LogP contribution < -0.4 is 5.32 Å². The first-order chi connectivity index (χ1) is 8.45. The van der Waals surface area contributed by atoms with Gasteiger partial charge in [-0.2, -0.15) is 0 Å². The average molecular weight is 249 g/mol. The lowest BCUT2D eigenvalue weighted by molar-refractivity contribution is -0.384. The van der Waals surface area contributed by atoms with Gasteiger partial charge >= 0.3 is 11.7 Å². The number of terminal acetylenes is 1. The standard InChI is InChI=1S/C11H11N3O4/c1-3-4-8(11(15)16)13-10-9(14(17)18)5-7(2)6-12-10/h1,5-6,8H,4H2,2H3,(H,12,13)(H,15,16). The Morgan fingerprint density at radius 2 is 2.44 bits per heavy atom. The molecule has 2 N–H and O–H groups in total. The van der Waals surface area contributed by atoms with E-state index in [0.717, 1.165) is 0 Å². The molecule has 1 unspecified atom stereocenters. The summed E-state index contributed by atoms with van der Waals surface area (Å²) in [5.74, 6) is 0.895. The van der Waals surface area contributed by atoms with Crippen LogP contribution in [-0.4, -0.2) is 27.0 Å². The number of nitro groups is 1. The average Bonchev–Trinajstić information content (AvgIpc) is 2.30. The molecule has 0 aliphatic heterocycles. The lowest BCUT2D eigenvalue weighted by Gasteiger charge is -2.12. The lowest BCUT2D eigenvalue weighted by atomic mass is 10.2. The molecular weight excluding hydrogens is 238 g/mol. The molecule has 0 fully saturated rings. The number of rotatable bonds is 5. The fraction of sp³-hybridized carbons (Fsp3) is 0.273. The van der Waals surface area contributed by atoms with Gasteiger partial charge in [0, 0.05) is 18.7 Å². The Labute approximate surface area is 103 Å². The van der Waals surface area contributed by atoms with Crippen LogP contribution in [0.5, 0.6) is 0 Å². The fourth-order valence-electron chi connectivity index (χ4n) is 1.29. The second-order valence-electron chi connectivity index (χ2n) is 3.58. The highest BCUT2D eigenvalue weighted by Gasteiger charge is 2.22. The van der Waals surface area contributed by atoms with E-state index in [2.05, 4.69) is 16.2 Å². The molecule has 0 aliphatic carbocycles. The first kappa shape index (κ1) is 13.4. The summed E-state index contributed by atoms with van der Waals surface area (Å²) in [5.41, 5.74) is 0.328. The van der Waals surface area contributed by atoms with Crippen molar-refractivity contribution < 1.29 is 14.8 Å². The number of anilines is 1. The monoisotopic (exact) mass is 249 g/mol.